The van der Waals surface area contributed by atoms with Crippen LogP contribution in [0, 0.1) is 0 Å². The molecule has 0 amide bonds. The van der Waals surface area contributed by atoms with Crippen molar-refractivity contribution in [3.05, 3.63) is 0 Å². The van der Waals surface area contributed by atoms with Crippen molar-refractivity contribution in [1.82, 2.24) is 0 Å². The van der Waals surface area contributed by atoms with E-state index in [1.807, 2.05) is 0 Å². The lowest BCUT2D eigenvalue weighted by Gasteiger charge is -2.45. The molecule has 4 nitrogen and oxygen atoms in total. The summed E-state index contributed by atoms with van der Waals surface area (Å²) < 4.78 is 27.2. The second kappa shape index (κ2) is 10.9. The molecule has 0 N–H and O–H groups in total. The molecule has 0 rings (SSSR count). The minimum atomic E-state index is -2.48. The fourth-order valence-electron chi connectivity index (χ4n) is 4.07. The van der Waals surface area contributed by atoms with Crippen molar-refractivity contribution >= 4 is 17.1 Å². The monoisotopic (exact) mass is 462 g/mol. The highest BCUT2D eigenvalue weighted by Crippen LogP contribution is 2.38. The third-order valence-electron chi connectivity index (χ3n) is 4.12. The second-order valence-corrected chi connectivity index (χ2v) is 19.1. The van der Waals surface area contributed by atoms with Crippen LogP contribution in [0.4, 0.5) is 0 Å². The minimum absolute atomic E-state index is 0.239. The summed E-state index contributed by atoms with van der Waals surface area (Å²) in [5, 5.41) is 0. The van der Waals surface area contributed by atoms with E-state index in [0.29, 0.717) is 0 Å². The third kappa shape index (κ3) is 13.6. The van der Waals surface area contributed by atoms with Gasteiger partial charge in [-0.3, -0.25) is 0 Å². The van der Waals surface area contributed by atoms with Crippen molar-refractivity contribution in [3.63, 3.8) is 0 Å². The van der Waals surface area contributed by atoms with E-state index in [9.17, 15) is 0 Å². The summed E-state index contributed by atoms with van der Waals surface area (Å²) in [6.45, 7) is 30.2. The van der Waals surface area contributed by atoms with Gasteiger partial charge in [-0.05, 0) is 107 Å². The second-order valence-electron chi connectivity index (χ2n) is 12.7. The zero-order valence-electron chi connectivity index (χ0n) is 22.9. The van der Waals surface area contributed by atoms with Crippen molar-refractivity contribution in [1.29, 1.82) is 0 Å². The Labute approximate surface area is 191 Å². The Morgan fingerprint density at radius 1 is 0.400 bits per heavy atom. The summed E-state index contributed by atoms with van der Waals surface area (Å²) in [6, 6.07) is 3.80. The molecule has 0 aliphatic rings. The molecular weight excluding hydrogens is 408 g/mol. The summed E-state index contributed by atoms with van der Waals surface area (Å²) in [6.07, 6.45) is 2.11. The van der Waals surface area contributed by atoms with Crippen LogP contribution in [0.5, 0.6) is 0 Å². The van der Waals surface area contributed by atoms with Gasteiger partial charge in [0.25, 0.3) is 0 Å². The molecule has 0 aromatic rings. The first kappa shape index (κ1) is 30.3. The van der Waals surface area contributed by atoms with Crippen molar-refractivity contribution in [3.8, 4) is 0 Å². The Morgan fingerprint density at radius 2 is 0.600 bits per heavy atom. The Morgan fingerprint density at radius 3 is 0.733 bits per heavy atom. The molecule has 0 spiro atoms. The van der Waals surface area contributed by atoms with Crippen LogP contribution in [0.15, 0.2) is 0 Å². The Kier molecular flexibility index (Phi) is 11.0. The third-order valence-corrected chi connectivity index (χ3v) is 13.1. The van der Waals surface area contributed by atoms with Crippen molar-refractivity contribution in [2.45, 2.75) is 156 Å². The van der Waals surface area contributed by atoms with Gasteiger partial charge in [0, 0.05) is 0 Å². The highest BCUT2D eigenvalue weighted by Gasteiger charge is 2.50. The molecule has 0 aliphatic carbocycles. The molecule has 0 aliphatic heterocycles. The summed E-state index contributed by atoms with van der Waals surface area (Å²) in [4.78, 5) is 0. The molecule has 30 heavy (non-hydrogen) atoms. The maximum Gasteiger partial charge on any atom is 0.338 e. The predicted octanol–water partition coefficient (Wildman–Crippen LogP) is 7.95. The van der Waals surface area contributed by atoms with Crippen LogP contribution in [-0.2, 0) is 17.7 Å². The van der Waals surface area contributed by atoms with Gasteiger partial charge in [-0.15, -0.1) is 0 Å². The van der Waals surface area contributed by atoms with Crippen LogP contribution in [0.2, 0.25) is 24.2 Å². The maximum absolute atomic E-state index is 6.80. The Balaban J connectivity index is 6.13. The van der Waals surface area contributed by atoms with Crippen LogP contribution in [0.3, 0.4) is 0 Å². The molecule has 6 heteroatoms. The molecule has 0 heterocycles. The average Bonchev–Trinajstić information content (AvgIpc) is 2.38. The van der Waals surface area contributed by atoms with Crippen LogP contribution >= 0.6 is 0 Å². The molecule has 0 radical (unpaired) electrons. The van der Waals surface area contributed by atoms with E-state index >= 15 is 0 Å². The first-order chi connectivity index (χ1) is 13.2. The van der Waals surface area contributed by atoms with Gasteiger partial charge in [0.2, 0.25) is 0 Å². The van der Waals surface area contributed by atoms with E-state index in [-0.39, 0.29) is 22.4 Å². The van der Waals surface area contributed by atoms with E-state index in [4.69, 9.17) is 17.7 Å². The quantitative estimate of drug-likeness (QED) is 0.292. The summed E-state index contributed by atoms with van der Waals surface area (Å²) in [7, 11) is -4.96. The van der Waals surface area contributed by atoms with Gasteiger partial charge >= 0.3 is 17.1 Å². The van der Waals surface area contributed by atoms with Crippen LogP contribution < -0.4 is 0 Å². The number of hydrogen-bond donors (Lipinski definition) is 0. The lowest BCUT2D eigenvalue weighted by Crippen LogP contribution is -2.56. The van der Waals surface area contributed by atoms with Crippen molar-refractivity contribution < 1.29 is 17.7 Å². The lowest BCUT2D eigenvalue weighted by atomic mass is 10.2. The van der Waals surface area contributed by atoms with Gasteiger partial charge in [-0.1, -0.05) is 26.7 Å². The van der Waals surface area contributed by atoms with Crippen LogP contribution in [0.25, 0.3) is 0 Å². The molecule has 0 unspecified atom stereocenters. The predicted molar refractivity (Wildman–Crippen MR) is 135 cm³/mol. The zero-order chi connectivity index (χ0) is 24.1. The molecule has 0 saturated heterocycles. The molecule has 0 saturated carbocycles. The van der Waals surface area contributed by atoms with Gasteiger partial charge in [-0.2, -0.15) is 0 Å². The average molecular weight is 463 g/mol. The number of hydrogen-bond acceptors (Lipinski definition) is 4. The normalized spacial score (nSPS) is 15.0. The molecule has 0 fully saturated rings. The zero-order valence-corrected chi connectivity index (χ0v) is 24.9. The van der Waals surface area contributed by atoms with Gasteiger partial charge < -0.3 is 17.7 Å². The van der Waals surface area contributed by atoms with Gasteiger partial charge in [-0.25, -0.2) is 0 Å². The van der Waals surface area contributed by atoms with E-state index in [0.717, 1.165) is 37.0 Å². The highest BCUT2D eigenvalue weighted by atomic mass is 28.4. The van der Waals surface area contributed by atoms with E-state index in [1.165, 1.54) is 0 Å². The summed E-state index contributed by atoms with van der Waals surface area (Å²) >= 11 is 0. The fraction of sp³-hybridized carbons (Fsp3) is 1.00. The molecular formula is C24H54O4Si2. The van der Waals surface area contributed by atoms with Crippen molar-refractivity contribution in [2.75, 3.05) is 0 Å². The molecule has 0 aromatic carbocycles. The summed E-state index contributed by atoms with van der Waals surface area (Å²) in [5.41, 5.74) is -0.955. The first-order valence-electron chi connectivity index (χ1n) is 12.0. The maximum atomic E-state index is 6.80. The van der Waals surface area contributed by atoms with Gasteiger partial charge in [0.05, 0.1) is 22.4 Å². The standard InChI is InChI=1S/C24H54O4Si2/c1-15-17-29(25-21(3,4)5,26-22(6,7)8)19-20-30(18-16-2,27-23(9,10)11)28-24(12,13)14/h15-20H2,1-14H3. The van der Waals surface area contributed by atoms with Gasteiger partial charge in [0.15, 0.2) is 0 Å². The topological polar surface area (TPSA) is 36.9 Å². The fourth-order valence-corrected chi connectivity index (χ4v) is 14.5. The highest BCUT2D eigenvalue weighted by molar-refractivity contribution is 6.73. The van der Waals surface area contributed by atoms with E-state index < -0.39 is 17.1 Å². The first-order valence-corrected chi connectivity index (χ1v) is 16.4. The lowest BCUT2D eigenvalue weighted by molar-refractivity contribution is 0.00545. The van der Waals surface area contributed by atoms with Crippen molar-refractivity contribution in [2.24, 2.45) is 0 Å². The summed E-state index contributed by atoms with van der Waals surface area (Å²) in [5.74, 6) is 0. The van der Waals surface area contributed by atoms with E-state index in [1.54, 1.807) is 0 Å². The number of rotatable bonds is 11. The Hall–Kier alpha value is 0.274. The molecule has 0 aromatic heterocycles. The largest absolute Gasteiger partial charge is 0.389 e. The van der Waals surface area contributed by atoms with E-state index in [2.05, 4.69) is 96.9 Å². The smallest absolute Gasteiger partial charge is 0.338 e. The van der Waals surface area contributed by atoms with Gasteiger partial charge in [0.1, 0.15) is 0 Å². The Bertz CT molecular complexity index is 415. The molecule has 0 bridgehead atoms. The van der Waals surface area contributed by atoms with Crippen LogP contribution in [0.1, 0.15) is 110 Å². The molecule has 0 atom stereocenters. The SMILES string of the molecule is CCC[Si](CC[Si](CCC)(OC(C)(C)C)OC(C)(C)C)(OC(C)(C)C)OC(C)(C)C. The molecule has 182 valence electrons. The van der Waals surface area contributed by atoms with Crippen LogP contribution in [-0.4, -0.2) is 39.5 Å². The minimum Gasteiger partial charge on any atom is -0.389 e.